The van der Waals surface area contributed by atoms with E-state index in [4.69, 9.17) is 10.9 Å². The van der Waals surface area contributed by atoms with Gasteiger partial charge in [0.2, 0.25) is 0 Å². The van der Waals surface area contributed by atoms with Crippen LogP contribution in [0.2, 0.25) is 0 Å². The number of nitrogens with two attached hydrogens (primary N) is 1. The van der Waals surface area contributed by atoms with Crippen LogP contribution in [0.5, 0.6) is 0 Å². The van der Waals surface area contributed by atoms with Crippen LogP contribution in [0.3, 0.4) is 0 Å². The van der Waals surface area contributed by atoms with Crippen LogP contribution in [-0.2, 0) is 0 Å². The highest BCUT2D eigenvalue weighted by atomic mass is 16.4. The van der Waals surface area contributed by atoms with Crippen LogP contribution in [0.4, 0.5) is 5.82 Å². The van der Waals surface area contributed by atoms with Gasteiger partial charge in [0.05, 0.1) is 12.4 Å². The van der Waals surface area contributed by atoms with Crippen LogP contribution in [0, 0.1) is 0 Å². The van der Waals surface area contributed by atoms with Gasteiger partial charge in [0, 0.05) is 13.1 Å². The van der Waals surface area contributed by atoms with Crippen molar-refractivity contribution in [3.63, 3.8) is 0 Å². The quantitative estimate of drug-likeness (QED) is 0.345. The van der Waals surface area contributed by atoms with Crippen molar-refractivity contribution in [2.75, 3.05) is 18.0 Å². The van der Waals surface area contributed by atoms with Crippen molar-refractivity contribution in [2.45, 2.75) is 25.7 Å². The van der Waals surface area contributed by atoms with Gasteiger partial charge in [-0.25, -0.2) is 9.97 Å². The van der Waals surface area contributed by atoms with E-state index < -0.39 is 0 Å². The Kier molecular flexibility index (Phi) is 3.74. The molecule has 2 heterocycles. The first-order chi connectivity index (χ1) is 8.31. The van der Waals surface area contributed by atoms with Crippen LogP contribution in [0.25, 0.3) is 0 Å². The molecule has 2 rings (SSSR count). The molecule has 1 fully saturated rings. The molecule has 0 aromatic carbocycles. The minimum atomic E-state index is -0.0140. The summed E-state index contributed by atoms with van der Waals surface area (Å²) in [6.07, 6.45) is 8.18. The van der Waals surface area contributed by atoms with Crippen molar-refractivity contribution < 1.29 is 5.21 Å². The zero-order chi connectivity index (χ0) is 12.1. The van der Waals surface area contributed by atoms with Gasteiger partial charge in [0.1, 0.15) is 11.5 Å². The molecular weight excluding hydrogens is 218 g/mol. The lowest BCUT2D eigenvalue weighted by Gasteiger charge is -2.20. The molecule has 0 amide bonds. The van der Waals surface area contributed by atoms with Crippen molar-refractivity contribution in [2.24, 2.45) is 10.9 Å². The van der Waals surface area contributed by atoms with Crippen LogP contribution < -0.4 is 10.6 Å². The highest BCUT2D eigenvalue weighted by Gasteiger charge is 2.11. The van der Waals surface area contributed by atoms with Gasteiger partial charge in [0.15, 0.2) is 5.84 Å². The smallest absolute Gasteiger partial charge is 0.190 e. The van der Waals surface area contributed by atoms with Crippen LogP contribution in [0.1, 0.15) is 31.4 Å². The summed E-state index contributed by atoms with van der Waals surface area (Å²) in [5, 5.41) is 11.4. The fourth-order valence-corrected chi connectivity index (χ4v) is 1.97. The molecular formula is C11H17N5O. The van der Waals surface area contributed by atoms with E-state index in [1.807, 2.05) is 0 Å². The van der Waals surface area contributed by atoms with Crippen molar-refractivity contribution in [3.05, 3.63) is 18.1 Å². The lowest BCUT2D eigenvalue weighted by Crippen LogP contribution is -2.25. The highest BCUT2D eigenvalue weighted by Crippen LogP contribution is 2.16. The lowest BCUT2D eigenvalue weighted by atomic mass is 10.2. The summed E-state index contributed by atoms with van der Waals surface area (Å²) in [4.78, 5) is 10.7. The molecule has 0 unspecified atom stereocenters. The minimum absolute atomic E-state index is 0.0140. The van der Waals surface area contributed by atoms with E-state index in [1.54, 1.807) is 6.20 Å². The number of hydrogen-bond acceptors (Lipinski definition) is 5. The fourth-order valence-electron chi connectivity index (χ4n) is 1.97. The Morgan fingerprint density at radius 2 is 1.88 bits per heavy atom. The highest BCUT2D eigenvalue weighted by molar-refractivity contribution is 5.94. The Bertz CT molecular complexity index is 381. The second-order valence-corrected chi connectivity index (χ2v) is 4.15. The van der Waals surface area contributed by atoms with E-state index in [2.05, 4.69) is 20.0 Å². The summed E-state index contributed by atoms with van der Waals surface area (Å²) in [6.45, 7) is 2.05. The topological polar surface area (TPSA) is 87.6 Å². The normalized spacial score (nSPS) is 17.9. The minimum Gasteiger partial charge on any atom is -0.409 e. The molecule has 1 aromatic heterocycles. The Morgan fingerprint density at radius 1 is 1.18 bits per heavy atom. The number of amidine groups is 1. The summed E-state index contributed by atoms with van der Waals surface area (Å²) >= 11 is 0. The lowest BCUT2D eigenvalue weighted by molar-refractivity contribution is 0.318. The molecule has 0 aliphatic carbocycles. The first-order valence-electron chi connectivity index (χ1n) is 5.86. The van der Waals surface area contributed by atoms with Gasteiger partial charge < -0.3 is 15.8 Å². The van der Waals surface area contributed by atoms with E-state index >= 15 is 0 Å². The summed E-state index contributed by atoms with van der Waals surface area (Å²) in [7, 11) is 0. The maximum absolute atomic E-state index is 8.53. The third kappa shape index (κ3) is 2.83. The molecule has 1 aromatic rings. The van der Waals surface area contributed by atoms with E-state index in [0.717, 1.165) is 18.9 Å². The SMILES string of the molecule is NC(=NO)c1cnc(N2CCCCCC2)cn1. The predicted molar refractivity (Wildman–Crippen MR) is 65.2 cm³/mol. The number of aromatic nitrogens is 2. The maximum Gasteiger partial charge on any atom is 0.190 e. The van der Waals surface area contributed by atoms with Gasteiger partial charge in [-0.15, -0.1) is 0 Å². The van der Waals surface area contributed by atoms with E-state index in [-0.39, 0.29) is 5.84 Å². The second kappa shape index (κ2) is 5.47. The Hall–Kier alpha value is -1.85. The zero-order valence-electron chi connectivity index (χ0n) is 9.71. The molecule has 3 N–H and O–H groups in total. The monoisotopic (exact) mass is 235 g/mol. The van der Waals surface area contributed by atoms with Gasteiger partial charge >= 0.3 is 0 Å². The molecule has 17 heavy (non-hydrogen) atoms. The summed E-state index contributed by atoms with van der Waals surface area (Å²) in [5.74, 6) is 0.848. The van der Waals surface area contributed by atoms with E-state index in [9.17, 15) is 0 Å². The van der Waals surface area contributed by atoms with E-state index in [1.165, 1.54) is 31.9 Å². The van der Waals surface area contributed by atoms with Crippen LogP contribution >= 0.6 is 0 Å². The standard InChI is InChI=1S/C11H17N5O/c12-11(15-17)9-7-14-10(8-13-9)16-5-3-1-2-4-6-16/h7-8,17H,1-6H2,(H2,12,15). The average Bonchev–Trinajstić information content (AvgIpc) is 2.67. The fraction of sp³-hybridized carbons (Fsp3) is 0.545. The third-order valence-electron chi connectivity index (χ3n) is 2.94. The maximum atomic E-state index is 8.53. The summed E-state index contributed by atoms with van der Waals surface area (Å²) in [6, 6.07) is 0. The predicted octanol–water partition coefficient (Wildman–Crippen LogP) is 0.951. The molecule has 1 aliphatic rings. The van der Waals surface area contributed by atoms with Crippen molar-refractivity contribution in [1.82, 2.24) is 9.97 Å². The molecule has 0 radical (unpaired) electrons. The molecule has 6 heteroatoms. The molecule has 92 valence electrons. The van der Waals surface area contributed by atoms with Crippen molar-refractivity contribution in [3.8, 4) is 0 Å². The largest absolute Gasteiger partial charge is 0.409 e. The van der Waals surface area contributed by atoms with Crippen molar-refractivity contribution in [1.29, 1.82) is 0 Å². The second-order valence-electron chi connectivity index (χ2n) is 4.15. The van der Waals surface area contributed by atoms with Gasteiger partial charge in [-0.1, -0.05) is 18.0 Å². The first kappa shape index (κ1) is 11.6. The average molecular weight is 235 g/mol. The molecule has 1 aliphatic heterocycles. The number of oxime groups is 1. The van der Waals surface area contributed by atoms with Gasteiger partial charge in [-0.05, 0) is 12.8 Å². The van der Waals surface area contributed by atoms with Crippen LogP contribution in [-0.4, -0.2) is 34.1 Å². The van der Waals surface area contributed by atoms with Gasteiger partial charge in [-0.2, -0.15) is 0 Å². The number of hydrogen-bond donors (Lipinski definition) is 2. The number of rotatable bonds is 2. The molecule has 0 bridgehead atoms. The number of nitrogens with zero attached hydrogens (tertiary/aromatic N) is 4. The Morgan fingerprint density at radius 3 is 2.41 bits per heavy atom. The third-order valence-corrected chi connectivity index (χ3v) is 2.94. The molecule has 1 saturated heterocycles. The zero-order valence-corrected chi connectivity index (χ0v) is 9.71. The molecule has 6 nitrogen and oxygen atoms in total. The van der Waals surface area contributed by atoms with Crippen LogP contribution in [0.15, 0.2) is 17.5 Å². The van der Waals surface area contributed by atoms with Crippen molar-refractivity contribution >= 4 is 11.7 Å². The van der Waals surface area contributed by atoms with E-state index in [0.29, 0.717) is 5.69 Å². The Balaban J connectivity index is 2.11. The van der Waals surface area contributed by atoms with Gasteiger partial charge in [0.25, 0.3) is 0 Å². The molecule has 0 saturated carbocycles. The number of anilines is 1. The first-order valence-corrected chi connectivity index (χ1v) is 5.86. The molecule has 0 spiro atoms. The summed E-state index contributed by atoms with van der Waals surface area (Å²) < 4.78 is 0. The Labute approximate surface area is 100 Å². The van der Waals surface area contributed by atoms with Gasteiger partial charge in [-0.3, -0.25) is 0 Å². The summed E-state index contributed by atoms with van der Waals surface area (Å²) in [5.41, 5.74) is 5.83. The molecule has 0 atom stereocenters.